The maximum atomic E-state index is 9.75. The first-order valence-electron chi connectivity index (χ1n) is 8.09. The fourth-order valence-electron chi connectivity index (χ4n) is 2.51. The van der Waals surface area contributed by atoms with Crippen molar-refractivity contribution in [3.05, 3.63) is 85.1 Å². The predicted octanol–water partition coefficient (Wildman–Crippen LogP) is 4.85. The Hall–Kier alpha value is -3.29. The molecular weight excluding hydrogens is 357 g/mol. The largest absolute Gasteiger partial charge is 0.673 e. The van der Waals surface area contributed by atoms with Crippen molar-refractivity contribution in [3.63, 3.8) is 0 Å². The van der Waals surface area contributed by atoms with E-state index >= 15 is 0 Å². The highest BCUT2D eigenvalue weighted by Gasteiger charge is 2.21. The van der Waals surface area contributed by atoms with Crippen LogP contribution in [-0.2, 0) is 0 Å². The average molecular weight is 371 g/mol. The van der Waals surface area contributed by atoms with Crippen molar-refractivity contribution < 1.29 is 21.8 Å². The van der Waals surface area contributed by atoms with Crippen LogP contribution in [0, 0.1) is 0 Å². The van der Waals surface area contributed by atoms with Gasteiger partial charge in [-0.2, -0.15) is 0 Å². The van der Waals surface area contributed by atoms with E-state index in [1.807, 2.05) is 65.3 Å². The first-order valence-corrected chi connectivity index (χ1v) is 8.09. The van der Waals surface area contributed by atoms with Gasteiger partial charge >= 0.3 is 12.9 Å². The molecule has 0 spiro atoms. The number of pyridine rings is 1. The molecule has 0 saturated heterocycles. The lowest BCUT2D eigenvalue weighted by atomic mass is 10.0. The van der Waals surface area contributed by atoms with Crippen molar-refractivity contribution in [2.24, 2.45) is 0 Å². The maximum absolute atomic E-state index is 9.75. The van der Waals surface area contributed by atoms with E-state index in [1.54, 1.807) is 0 Å². The molecular formula is C19H14BF4N3. The molecule has 8 heteroatoms. The summed E-state index contributed by atoms with van der Waals surface area (Å²) in [4.78, 5) is 4.82. The lowest BCUT2D eigenvalue weighted by Gasteiger charge is -2.04. The third-order valence-corrected chi connectivity index (χ3v) is 3.57. The predicted molar refractivity (Wildman–Crippen MR) is 96.2 cm³/mol. The molecule has 4 aromatic rings. The quantitative estimate of drug-likeness (QED) is 0.287. The molecule has 0 fully saturated rings. The van der Waals surface area contributed by atoms with E-state index in [1.165, 1.54) is 0 Å². The van der Waals surface area contributed by atoms with Gasteiger partial charge in [-0.05, 0) is 11.1 Å². The zero-order valence-corrected chi connectivity index (χ0v) is 14.0. The molecule has 0 amide bonds. The molecule has 2 heterocycles. The van der Waals surface area contributed by atoms with Crippen LogP contribution in [0.25, 0.3) is 28.2 Å². The normalized spacial score (nSPS) is 11.0. The summed E-state index contributed by atoms with van der Waals surface area (Å²) in [5.41, 5.74) is 4.75. The molecule has 4 rings (SSSR count). The number of fused-ring (bicyclic) bond motifs is 1. The molecule has 0 aliphatic rings. The Morgan fingerprint density at radius 3 is 1.67 bits per heavy atom. The van der Waals surface area contributed by atoms with Gasteiger partial charge in [0.15, 0.2) is 5.69 Å². The number of nitrogens with zero attached hydrogens (tertiary/aromatic N) is 3. The van der Waals surface area contributed by atoms with Crippen molar-refractivity contribution in [3.8, 4) is 22.5 Å². The van der Waals surface area contributed by atoms with Crippen molar-refractivity contribution in [2.75, 3.05) is 0 Å². The summed E-state index contributed by atoms with van der Waals surface area (Å²) in [7, 11) is -6.00. The minimum absolute atomic E-state index is 0.834. The summed E-state index contributed by atoms with van der Waals surface area (Å²) in [6.45, 7) is 0. The molecule has 2 aromatic carbocycles. The summed E-state index contributed by atoms with van der Waals surface area (Å²) < 4.78 is 40.8. The molecule has 0 N–H and O–H groups in total. The molecule has 0 radical (unpaired) electrons. The average Bonchev–Trinajstić information content (AvgIpc) is 2.67. The SMILES string of the molecule is F[B-](F)(F)F.c1ccc(-c2nc3cccc[n+]3nc2-c2ccccc2)cc1. The van der Waals surface area contributed by atoms with E-state index in [0.29, 0.717) is 0 Å². The van der Waals surface area contributed by atoms with E-state index < -0.39 is 7.25 Å². The van der Waals surface area contributed by atoms with Gasteiger partial charge in [0.05, 0.1) is 0 Å². The summed E-state index contributed by atoms with van der Waals surface area (Å²) in [6, 6.07) is 26.2. The van der Waals surface area contributed by atoms with Crippen LogP contribution in [0.1, 0.15) is 0 Å². The number of benzene rings is 2. The maximum Gasteiger partial charge on any atom is 0.673 e. The van der Waals surface area contributed by atoms with E-state index in [2.05, 4.69) is 24.3 Å². The summed E-state index contributed by atoms with van der Waals surface area (Å²) in [6.07, 6.45) is 1.92. The Balaban J connectivity index is 0.000000376. The Labute approximate surface area is 153 Å². The fraction of sp³-hybridized carbons (Fsp3) is 0. The lowest BCUT2D eigenvalue weighted by molar-refractivity contribution is -0.582. The highest BCUT2D eigenvalue weighted by Crippen LogP contribution is 2.27. The van der Waals surface area contributed by atoms with Gasteiger partial charge in [-0.25, -0.2) is 0 Å². The number of hydrogen-bond acceptors (Lipinski definition) is 2. The van der Waals surface area contributed by atoms with Gasteiger partial charge in [0, 0.05) is 17.2 Å². The lowest BCUT2D eigenvalue weighted by Crippen LogP contribution is -2.28. The van der Waals surface area contributed by atoms with E-state index in [9.17, 15) is 17.3 Å². The first-order chi connectivity index (χ1) is 12.9. The molecule has 0 aliphatic heterocycles. The van der Waals surface area contributed by atoms with Crippen LogP contribution in [-0.4, -0.2) is 17.3 Å². The van der Waals surface area contributed by atoms with Gasteiger partial charge in [0.25, 0.3) is 0 Å². The molecule has 3 nitrogen and oxygen atoms in total. The molecule has 0 aliphatic carbocycles. The van der Waals surface area contributed by atoms with Crippen molar-refractivity contribution in [1.82, 2.24) is 10.1 Å². The molecule has 0 atom stereocenters. The number of rotatable bonds is 2. The van der Waals surface area contributed by atoms with Crippen LogP contribution < -0.4 is 4.52 Å². The second kappa shape index (κ2) is 7.95. The van der Waals surface area contributed by atoms with Crippen LogP contribution in [0.5, 0.6) is 0 Å². The van der Waals surface area contributed by atoms with Gasteiger partial charge in [0.1, 0.15) is 6.20 Å². The Morgan fingerprint density at radius 2 is 1.11 bits per heavy atom. The monoisotopic (exact) mass is 371 g/mol. The van der Waals surface area contributed by atoms with Crippen molar-refractivity contribution in [1.29, 1.82) is 0 Å². The summed E-state index contributed by atoms with van der Waals surface area (Å²) in [5, 5.41) is 4.78. The second-order valence-corrected chi connectivity index (χ2v) is 5.54. The highest BCUT2D eigenvalue weighted by atomic mass is 19.5. The van der Waals surface area contributed by atoms with E-state index in [-0.39, 0.29) is 0 Å². The smallest absolute Gasteiger partial charge is 0.418 e. The Bertz CT molecular complexity index is 941. The van der Waals surface area contributed by atoms with Crippen LogP contribution >= 0.6 is 0 Å². The van der Waals surface area contributed by atoms with Crippen LogP contribution in [0.4, 0.5) is 17.3 Å². The van der Waals surface area contributed by atoms with Gasteiger partial charge in [0.2, 0.25) is 5.69 Å². The number of halogens is 4. The second-order valence-electron chi connectivity index (χ2n) is 5.54. The van der Waals surface area contributed by atoms with Crippen LogP contribution in [0.15, 0.2) is 85.1 Å². The fourth-order valence-corrected chi connectivity index (χ4v) is 2.51. The summed E-state index contributed by atoms with van der Waals surface area (Å²) >= 11 is 0. The zero-order chi connectivity index (χ0) is 19.3. The Morgan fingerprint density at radius 1 is 0.630 bits per heavy atom. The minimum Gasteiger partial charge on any atom is -0.418 e. The summed E-state index contributed by atoms with van der Waals surface area (Å²) in [5.74, 6) is 0. The minimum atomic E-state index is -6.00. The third-order valence-electron chi connectivity index (χ3n) is 3.57. The highest BCUT2D eigenvalue weighted by molar-refractivity contribution is 6.50. The van der Waals surface area contributed by atoms with Crippen LogP contribution in [0.2, 0.25) is 0 Å². The van der Waals surface area contributed by atoms with Crippen molar-refractivity contribution in [2.45, 2.75) is 0 Å². The van der Waals surface area contributed by atoms with Crippen molar-refractivity contribution >= 4 is 12.9 Å². The molecule has 27 heavy (non-hydrogen) atoms. The van der Waals surface area contributed by atoms with E-state index in [4.69, 9.17) is 10.1 Å². The topological polar surface area (TPSA) is 29.9 Å². The molecule has 2 aromatic heterocycles. The molecule has 136 valence electrons. The molecule has 0 saturated carbocycles. The standard InChI is InChI=1S/C19H14N3.BF4/c1-3-9-15(10-4-1)18-19(16-11-5-2-6-12-16)21-22-14-8-7-13-17(22)20-18;2-1(3,4)5/h1-14H;/q+1;-1. The Kier molecular flexibility index (Phi) is 5.45. The van der Waals surface area contributed by atoms with Crippen LogP contribution in [0.3, 0.4) is 0 Å². The van der Waals surface area contributed by atoms with Gasteiger partial charge in [-0.15, -0.1) is 4.52 Å². The van der Waals surface area contributed by atoms with Gasteiger partial charge < -0.3 is 17.3 Å². The third kappa shape index (κ3) is 5.10. The number of aromatic nitrogens is 3. The first kappa shape index (κ1) is 18.5. The van der Waals surface area contributed by atoms with E-state index in [0.717, 1.165) is 28.2 Å². The van der Waals surface area contributed by atoms with Gasteiger partial charge in [-0.1, -0.05) is 71.8 Å². The number of hydrogen-bond donors (Lipinski definition) is 0. The molecule has 0 bridgehead atoms. The zero-order valence-electron chi connectivity index (χ0n) is 14.0. The molecule has 0 unspecified atom stereocenters. The van der Waals surface area contributed by atoms with Gasteiger partial charge in [-0.3, -0.25) is 0 Å².